The Kier molecular flexibility index (Phi) is 5.73. The van der Waals surface area contributed by atoms with E-state index in [9.17, 15) is 9.18 Å². The number of halogens is 5. The fourth-order valence-corrected chi connectivity index (χ4v) is 3.19. The third kappa shape index (κ3) is 4.13. The Balaban J connectivity index is 1.83. The topological polar surface area (TPSA) is 46.9 Å². The van der Waals surface area contributed by atoms with Gasteiger partial charge in [0.15, 0.2) is 0 Å². The summed E-state index contributed by atoms with van der Waals surface area (Å²) in [5.74, 6) is -0.926. The number of carbonyl (C=O) groups is 1. The van der Waals surface area contributed by atoms with Gasteiger partial charge in [-0.2, -0.15) is 5.10 Å². The molecule has 0 saturated carbocycles. The predicted octanol–water partition coefficient (Wildman–Crippen LogP) is 5.94. The lowest BCUT2D eigenvalue weighted by Crippen LogP contribution is -2.17. The van der Waals surface area contributed by atoms with Crippen molar-refractivity contribution in [2.75, 3.05) is 5.32 Å². The molecule has 0 atom stereocenters. The molecule has 9 heteroatoms. The Hall–Kier alpha value is -1.79. The Morgan fingerprint density at radius 1 is 1.04 bits per heavy atom. The predicted molar refractivity (Wildman–Crippen MR) is 102 cm³/mol. The summed E-state index contributed by atoms with van der Waals surface area (Å²) in [6.07, 6.45) is 1.52. The highest BCUT2D eigenvalue weighted by Crippen LogP contribution is 2.26. The first-order valence-corrected chi connectivity index (χ1v) is 8.78. The minimum atomic E-state index is -0.734. The standard InChI is InChI=1S/C17H10Cl4FN3O/c18-10-2-1-9(12(19)5-10)8-25-16(3-4-23-25)24-17(26)11-6-15(22)14(21)7-13(11)20/h1-7H,8H2,(H,24,26). The second-order valence-electron chi connectivity index (χ2n) is 5.31. The van der Waals surface area contributed by atoms with Gasteiger partial charge in [0.1, 0.15) is 11.6 Å². The summed E-state index contributed by atoms with van der Waals surface area (Å²) in [5.41, 5.74) is 0.733. The molecule has 0 fully saturated rings. The highest BCUT2D eigenvalue weighted by molar-refractivity contribution is 6.37. The van der Waals surface area contributed by atoms with E-state index in [1.807, 2.05) is 0 Å². The molecule has 4 nitrogen and oxygen atoms in total. The molecule has 0 aliphatic rings. The zero-order valence-corrected chi connectivity index (χ0v) is 16.0. The molecule has 0 saturated heterocycles. The molecule has 1 N–H and O–H groups in total. The van der Waals surface area contributed by atoms with Gasteiger partial charge in [0.25, 0.3) is 5.91 Å². The third-order valence-corrected chi connectivity index (χ3v) is 4.74. The molecule has 0 aliphatic carbocycles. The molecule has 3 aromatic rings. The van der Waals surface area contributed by atoms with E-state index in [1.165, 1.54) is 16.9 Å². The quantitative estimate of drug-likeness (QED) is 0.518. The van der Waals surface area contributed by atoms with Gasteiger partial charge in [-0.25, -0.2) is 9.07 Å². The van der Waals surface area contributed by atoms with Crippen molar-refractivity contribution in [2.45, 2.75) is 6.54 Å². The lowest BCUT2D eigenvalue weighted by Gasteiger charge is -2.11. The summed E-state index contributed by atoms with van der Waals surface area (Å²) in [7, 11) is 0. The van der Waals surface area contributed by atoms with E-state index in [-0.39, 0.29) is 15.6 Å². The molecule has 134 valence electrons. The van der Waals surface area contributed by atoms with Crippen LogP contribution in [0.25, 0.3) is 0 Å². The molecule has 0 unspecified atom stereocenters. The highest BCUT2D eigenvalue weighted by atomic mass is 35.5. The molecule has 0 bridgehead atoms. The maximum atomic E-state index is 13.6. The zero-order valence-electron chi connectivity index (χ0n) is 12.9. The first-order chi connectivity index (χ1) is 12.3. The Labute approximate surface area is 168 Å². The van der Waals surface area contributed by atoms with Gasteiger partial charge >= 0.3 is 0 Å². The molecule has 1 aromatic heterocycles. The van der Waals surface area contributed by atoms with Crippen molar-refractivity contribution < 1.29 is 9.18 Å². The van der Waals surface area contributed by atoms with Gasteiger partial charge < -0.3 is 5.32 Å². The van der Waals surface area contributed by atoms with E-state index < -0.39 is 11.7 Å². The fourth-order valence-electron chi connectivity index (χ4n) is 2.26. The summed E-state index contributed by atoms with van der Waals surface area (Å²) < 4.78 is 15.2. The Morgan fingerprint density at radius 2 is 1.81 bits per heavy atom. The van der Waals surface area contributed by atoms with E-state index >= 15 is 0 Å². The van der Waals surface area contributed by atoms with Crippen molar-refractivity contribution in [3.8, 4) is 0 Å². The molecule has 0 spiro atoms. The van der Waals surface area contributed by atoms with Crippen molar-refractivity contribution >= 4 is 58.1 Å². The molecule has 3 rings (SSSR count). The van der Waals surface area contributed by atoms with Crippen LogP contribution in [0.4, 0.5) is 10.2 Å². The number of aromatic nitrogens is 2. The van der Waals surface area contributed by atoms with Crippen LogP contribution in [0.5, 0.6) is 0 Å². The molecular formula is C17H10Cl4FN3O. The van der Waals surface area contributed by atoms with Crippen LogP contribution in [-0.2, 0) is 6.54 Å². The van der Waals surface area contributed by atoms with Crippen molar-refractivity contribution in [1.82, 2.24) is 9.78 Å². The first-order valence-electron chi connectivity index (χ1n) is 7.27. The molecule has 1 amide bonds. The van der Waals surface area contributed by atoms with Crippen molar-refractivity contribution in [3.63, 3.8) is 0 Å². The average Bonchev–Trinajstić information content (AvgIpc) is 3.00. The summed E-state index contributed by atoms with van der Waals surface area (Å²) in [5, 5.41) is 7.69. The maximum Gasteiger partial charge on any atom is 0.258 e. The number of hydrogen-bond acceptors (Lipinski definition) is 2. The van der Waals surface area contributed by atoms with Crippen LogP contribution in [0.15, 0.2) is 42.6 Å². The van der Waals surface area contributed by atoms with E-state index in [1.54, 1.807) is 24.3 Å². The molecule has 1 heterocycles. The molecular weight excluding hydrogens is 423 g/mol. The van der Waals surface area contributed by atoms with Crippen molar-refractivity contribution in [3.05, 3.63) is 79.6 Å². The van der Waals surface area contributed by atoms with Gasteiger partial charge in [-0.15, -0.1) is 0 Å². The van der Waals surface area contributed by atoms with E-state index in [2.05, 4.69) is 10.4 Å². The number of carbonyl (C=O) groups excluding carboxylic acids is 1. The minimum Gasteiger partial charge on any atom is -0.307 e. The van der Waals surface area contributed by atoms with Crippen LogP contribution in [-0.4, -0.2) is 15.7 Å². The molecule has 0 aliphatic heterocycles. The molecule has 26 heavy (non-hydrogen) atoms. The highest BCUT2D eigenvalue weighted by Gasteiger charge is 2.16. The number of hydrogen-bond donors (Lipinski definition) is 1. The molecule has 0 radical (unpaired) electrons. The van der Waals surface area contributed by atoms with E-state index in [0.29, 0.717) is 22.4 Å². The number of amides is 1. The Morgan fingerprint density at radius 3 is 2.54 bits per heavy atom. The SMILES string of the molecule is O=C(Nc1ccnn1Cc1ccc(Cl)cc1Cl)c1cc(F)c(Cl)cc1Cl. The lowest BCUT2D eigenvalue weighted by atomic mass is 10.2. The summed E-state index contributed by atoms with van der Waals surface area (Å²) >= 11 is 23.7. The number of benzene rings is 2. The summed E-state index contributed by atoms with van der Waals surface area (Å²) in [4.78, 5) is 12.4. The summed E-state index contributed by atoms with van der Waals surface area (Å²) in [6.45, 7) is 0.307. The second-order valence-corrected chi connectivity index (χ2v) is 6.97. The van der Waals surface area contributed by atoms with E-state index in [4.69, 9.17) is 46.4 Å². The Bertz CT molecular complexity index is 990. The second kappa shape index (κ2) is 7.84. The minimum absolute atomic E-state index is 0.0363. The number of nitrogens with one attached hydrogen (secondary N) is 1. The van der Waals surface area contributed by atoms with Crippen LogP contribution < -0.4 is 5.32 Å². The maximum absolute atomic E-state index is 13.6. The van der Waals surface area contributed by atoms with Crippen LogP contribution in [0.3, 0.4) is 0 Å². The van der Waals surface area contributed by atoms with Gasteiger partial charge in [0.2, 0.25) is 0 Å². The van der Waals surface area contributed by atoms with Gasteiger partial charge in [0, 0.05) is 16.1 Å². The van der Waals surface area contributed by atoms with Crippen LogP contribution in [0.1, 0.15) is 15.9 Å². The smallest absolute Gasteiger partial charge is 0.258 e. The van der Waals surface area contributed by atoms with Gasteiger partial charge in [0.05, 0.1) is 28.4 Å². The lowest BCUT2D eigenvalue weighted by molar-refractivity contribution is 0.102. The largest absolute Gasteiger partial charge is 0.307 e. The normalized spacial score (nSPS) is 10.8. The first kappa shape index (κ1) is 19.0. The van der Waals surface area contributed by atoms with Gasteiger partial charge in [-0.3, -0.25) is 4.79 Å². The summed E-state index contributed by atoms with van der Waals surface area (Å²) in [6, 6.07) is 8.86. The molecule has 2 aromatic carbocycles. The van der Waals surface area contributed by atoms with Crippen molar-refractivity contribution in [1.29, 1.82) is 0 Å². The van der Waals surface area contributed by atoms with E-state index in [0.717, 1.165) is 11.6 Å². The fraction of sp³-hybridized carbons (Fsp3) is 0.0588. The van der Waals surface area contributed by atoms with Crippen LogP contribution in [0, 0.1) is 5.82 Å². The zero-order chi connectivity index (χ0) is 18.8. The number of rotatable bonds is 4. The monoisotopic (exact) mass is 431 g/mol. The van der Waals surface area contributed by atoms with Crippen LogP contribution in [0.2, 0.25) is 20.1 Å². The van der Waals surface area contributed by atoms with Gasteiger partial charge in [-0.1, -0.05) is 52.5 Å². The van der Waals surface area contributed by atoms with Crippen LogP contribution >= 0.6 is 46.4 Å². The van der Waals surface area contributed by atoms with Crippen molar-refractivity contribution in [2.24, 2.45) is 0 Å². The number of nitrogens with zero attached hydrogens (tertiary/aromatic N) is 2. The number of anilines is 1. The average molecular weight is 433 g/mol. The third-order valence-electron chi connectivity index (χ3n) is 3.55. The van der Waals surface area contributed by atoms with Gasteiger partial charge in [-0.05, 0) is 29.8 Å².